The van der Waals surface area contributed by atoms with Gasteiger partial charge in [0.05, 0.1) is 6.61 Å². The minimum Gasteiger partial charge on any atom is -0.507 e. The first-order valence-electron chi connectivity index (χ1n) is 11.0. The zero-order valence-corrected chi connectivity index (χ0v) is 18.6. The number of aromatic hydroxyl groups is 1. The van der Waals surface area contributed by atoms with Crippen LogP contribution in [0.25, 0.3) is 22.3 Å². The Bertz CT molecular complexity index is 1180. The predicted octanol–water partition coefficient (Wildman–Crippen LogP) is 7.22. The molecule has 0 unspecified atom stereocenters. The van der Waals surface area contributed by atoms with Gasteiger partial charge in [-0.2, -0.15) is 0 Å². The molecule has 0 radical (unpaired) electrons. The number of para-hydroxylation sites is 2. The Labute approximate surface area is 190 Å². The maximum atomic E-state index is 11.1. The fourth-order valence-corrected chi connectivity index (χ4v) is 3.84. The minimum atomic E-state index is 0.273. The van der Waals surface area contributed by atoms with E-state index in [2.05, 4.69) is 37.4 Å². The lowest BCUT2D eigenvalue weighted by Gasteiger charge is -2.16. The van der Waals surface area contributed by atoms with E-state index < -0.39 is 0 Å². The zero-order chi connectivity index (χ0) is 22.3. The summed E-state index contributed by atoms with van der Waals surface area (Å²) in [5.74, 6) is 1.06. The Morgan fingerprint density at radius 1 is 0.750 bits per heavy atom. The smallest absolute Gasteiger partial charge is 0.131 e. The third-order valence-corrected chi connectivity index (χ3v) is 5.59. The molecule has 0 aromatic heterocycles. The molecular formula is C29H29NO2. The number of hydrogen-bond acceptors (Lipinski definition) is 3. The van der Waals surface area contributed by atoms with E-state index in [9.17, 15) is 5.11 Å². The van der Waals surface area contributed by atoms with Crippen LogP contribution in [0.2, 0.25) is 0 Å². The third kappa shape index (κ3) is 4.94. The normalized spacial score (nSPS) is 10.7. The summed E-state index contributed by atoms with van der Waals surface area (Å²) in [6.07, 6.45) is 0.873. The topological polar surface area (TPSA) is 41.5 Å². The summed E-state index contributed by atoms with van der Waals surface area (Å²) in [7, 11) is 0. The summed E-state index contributed by atoms with van der Waals surface area (Å²) >= 11 is 0. The summed E-state index contributed by atoms with van der Waals surface area (Å²) in [4.78, 5) is 0. The highest BCUT2D eigenvalue weighted by Crippen LogP contribution is 2.41. The average molecular weight is 424 g/mol. The second kappa shape index (κ2) is 10.1. The number of phenolic OH excluding ortho intramolecular Hbond substituents is 1. The number of nitrogens with one attached hydrogen (secondary N) is 1. The molecule has 0 aliphatic rings. The van der Waals surface area contributed by atoms with Gasteiger partial charge in [0, 0.05) is 28.9 Å². The fraction of sp³-hybridized carbons (Fsp3) is 0.172. The second-order valence-corrected chi connectivity index (χ2v) is 8.01. The third-order valence-electron chi connectivity index (χ3n) is 5.59. The van der Waals surface area contributed by atoms with Crippen LogP contribution in [-0.4, -0.2) is 18.3 Å². The molecule has 162 valence electrons. The monoisotopic (exact) mass is 423 g/mol. The summed E-state index contributed by atoms with van der Waals surface area (Å²) in [5, 5.41) is 14.6. The predicted molar refractivity (Wildman–Crippen MR) is 133 cm³/mol. The van der Waals surface area contributed by atoms with E-state index in [1.165, 1.54) is 5.56 Å². The van der Waals surface area contributed by atoms with E-state index in [-0.39, 0.29) is 5.75 Å². The molecule has 0 aliphatic carbocycles. The maximum Gasteiger partial charge on any atom is 0.131 e. The van der Waals surface area contributed by atoms with Crippen LogP contribution >= 0.6 is 0 Å². The van der Waals surface area contributed by atoms with E-state index in [4.69, 9.17) is 4.74 Å². The van der Waals surface area contributed by atoms with Crippen LogP contribution < -0.4 is 10.1 Å². The molecule has 4 rings (SSSR count). The zero-order valence-electron chi connectivity index (χ0n) is 18.6. The molecular weight excluding hydrogens is 394 g/mol. The van der Waals surface area contributed by atoms with E-state index in [1.807, 2.05) is 72.8 Å². The van der Waals surface area contributed by atoms with Crippen molar-refractivity contribution in [2.24, 2.45) is 0 Å². The first kappa shape index (κ1) is 21.5. The van der Waals surface area contributed by atoms with Gasteiger partial charge in [0.25, 0.3) is 0 Å². The standard InChI is InChI=1S/C29H29NO2/c1-21-16-17-28(32-19-9-18-30-27-15-7-6-10-22(27)2)26(20-21)25-14-8-13-24(29(25)31)23-11-4-3-5-12-23/h3-8,10-17,20,30-31H,9,18-19H2,1-2H3. The summed E-state index contributed by atoms with van der Waals surface area (Å²) in [5.41, 5.74) is 7.02. The van der Waals surface area contributed by atoms with Gasteiger partial charge in [-0.3, -0.25) is 0 Å². The van der Waals surface area contributed by atoms with Gasteiger partial charge in [-0.05, 0) is 49.6 Å². The highest BCUT2D eigenvalue weighted by molar-refractivity contribution is 5.84. The van der Waals surface area contributed by atoms with Gasteiger partial charge in [0.15, 0.2) is 0 Å². The molecule has 0 aliphatic heterocycles. The van der Waals surface area contributed by atoms with Crippen LogP contribution in [0.1, 0.15) is 17.5 Å². The Morgan fingerprint density at radius 3 is 2.31 bits per heavy atom. The van der Waals surface area contributed by atoms with Crippen LogP contribution in [0.4, 0.5) is 5.69 Å². The van der Waals surface area contributed by atoms with Crippen molar-refractivity contribution >= 4 is 5.69 Å². The summed E-state index contributed by atoms with van der Waals surface area (Å²) < 4.78 is 6.16. The molecule has 0 heterocycles. The molecule has 32 heavy (non-hydrogen) atoms. The van der Waals surface area contributed by atoms with Crippen LogP contribution in [0.15, 0.2) is 91.0 Å². The molecule has 3 heteroatoms. The van der Waals surface area contributed by atoms with Crippen molar-refractivity contribution in [2.75, 3.05) is 18.5 Å². The first-order chi connectivity index (χ1) is 15.6. The van der Waals surface area contributed by atoms with Crippen LogP contribution in [0.5, 0.6) is 11.5 Å². The van der Waals surface area contributed by atoms with E-state index in [1.54, 1.807) is 0 Å². The second-order valence-electron chi connectivity index (χ2n) is 8.01. The van der Waals surface area contributed by atoms with Crippen molar-refractivity contribution in [2.45, 2.75) is 20.3 Å². The largest absolute Gasteiger partial charge is 0.507 e. The van der Waals surface area contributed by atoms with Gasteiger partial charge in [-0.15, -0.1) is 0 Å². The van der Waals surface area contributed by atoms with E-state index in [0.717, 1.165) is 52.2 Å². The number of ether oxygens (including phenoxy) is 1. The lowest BCUT2D eigenvalue weighted by Crippen LogP contribution is -2.08. The molecule has 0 bridgehead atoms. The van der Waals surface area contributed by atoms with E-state index in [0.29, 0.717) is 6.61 Å². The summed E-state index contributed by atoms with van der Waals surface area (Å²) in [6, 6.07) is 30.2. The van der Waals surface area contributed by atoms with Gasteiger partial charge >= 0.3 is 0 Å². The molecule has 0 atom stereocenters. The number of hydrogen-bond donors (Lipinski definition) is 2. The van der Waals surface area contributed by atoms with Crippen LogP contribution in [-0.2, 0) is 0 Å². The molecule has 3 nitrogen and oxygen atoms in total. The van der Waals surface area contributed by atoms with Crippen molar-refractivity contribution in [3.63, 3.8) is 0 Å². The maximum absolute atomic E-state index is 11.1. The quantitative estimate of drug-likeness (QED) is 0.294. The lowest BCUT2D eigenvalue weighted by atomic mass is 9.96. The molecule has 0 saturated carbocycles. The molecule has 0 saturated heterocycles. The van der Waals surface area contributed by atoms with Gasteiger partial charge in [0.2, 0.25) is 0 Å². The Hall–Kier alpha value is -3.72. The number of rotatable bonds is 8. The first-order valence-corrected chi connectivity index (χ1v) is 11.0. The molecule has 0 amide bonds. The van der Waals surface area contributed by atoms with Gasteiger partial charge < -0.3 is 15.2 Å². The molecule has 0 spiro atoms. The minimum absolute atomic E-state index is 0.273. The summed E-state index contributed by atoms with van der Waals surface area (Å²) in [6.45, 7) is 5.58. The number of aryl methyl sites for hydroxylation is 2. The molecule has 2 N–H and O–H groups in total. The van der Waals surface area contributed by atoms with Crippen molar-refractivity contribution in [1.29, 1.82) is 0 Å². The number of benzene rings is 4. The van der Waals surface area contributed by atoms with Crippen molar-refractivity contribution in [3.05, 3.63) is 102 Å². The van der Waals surface area contributed by atoms with E-state index >= 15 is 0 Å². The Morgan fingerprint density at radius 2 is 1.50 bits per heavy atom. The highest BCUT2D eigenvalue weighted by atomic mass is 16.5. The van der Waals surface area contributed by atoms with Gasteiger partial charge in [-0.1, -0.05) is 78.4 Å². The average Bonchev–Trinajstić information content (AvgIpc) is 2.81. The molecule has 0 fully saturated rings. The lowest BCUT2D eigenvalue weighted by molar-refractivity contribution is 0.316. The van der Waals surface area contributed by atoms with Crippen molar-refractivity contribution in [1.82, 2.24) is 0 Å². The SMILES string of the molecule is Cc1ccc(OCCCNc2ccccc2C)c(-c2cccc(-c3ccccc3)c2O)c1. The Balaban J connectivity index is 1.50. The Kier molecular flexibility index (Phi) is 6.76. The van der Waals surface area contributed by atoms with Crippen molar-refractivity contribution < 1.29 is 9.84 Å². The van der Waals surface area contributed by atoms with Crippen LogP contribution in [0.3, 0.4) is 0 Å². The molecule has 4 aromatic rings. The number of phenols is 1. The molecule has 4 aromatic carbocycles. The van der Waals surface area contributed by atoms with Crippen LogP contribution in [0, 0.1) is 13.8 Å². The van der Waals surface area contributed by atoms with Gasteiger partial charge in [-0.25, -0.2) is 0 Å². The highest BCUT2D eigenvalue weighted by Gasteiger charge is 2.15. The number of anilines is 1. The fourth-order valence-electron chi connectivity index (χ4n) is 3.84. The van der Waals surface area contributed by atoms with Gasteiger partial charge in [0.1, 0.15) is 11.5 Å². The van der Waals surface area contributed by atoms with Crippen molar-refractivity contribution in [3.8, 4) is 33.8 Å².